The standard InChI is InChI=1S/C9H20N2O/c1-10-8(4-6-12)7-9-3-2-5-11-9/h8-12H,2-7H2,1H3/t8?,9-/m0/s1. The van der Waals surface area contributed by atoms with Crippen LogP contribution in [0.5, 0.6) is 0 Å². The number of aliphatic hydroxyl groups is 1. The molecule has 0 aliphatic carbocycles. The molecule has 3 N–H and O–H groups in total. The number of aliphatic hydroxyl groups excluding tert-OH is 1. The van der Waals surface area contributed by atoms with Crippen molar-refractivity contribution >= 4 is 0 Å². The first-order chi connectivity index (χ1) is 5.86. The Bertz CT molecular complexity index is 113. The molecule has 1 aliphatic rings. The lowest BCUT2D eigenvalue weighted by Crippen LogP contribution is -2.34. The van der Waals surface area contributed by atoms with Crippen LogP contribution in [0.3, 0.4) is 0 Å². The minimum Gasteiger partial charge on any atom is -0.396 e. The van der Waals surface area contributed by atoms with Gasteiger partial charge in [-0.2, -0.15) is 0 Å². The lowest BCUT2D eigenvalue weighted by atomic mass is 10.0. The van der Waals surface area contributed by atoms with E-state index in [4.69, 9.17) is 5.11 Å². The second-order valence-corrected chi connectivity index (χ2v) is 3.53. The summed E-state index contributed by atoms with van der Waals surface area (Å²) in [5.74, 6) is 0. The van der Waals surface area contributed by atoms with Crippen molar-refractivity contribution < 1.29 is 5.11 Å². The highest BCUT2D eigenvalue weighted by atomic mass is 16.3. The van der Waals surface area contributed by atoms with E-state index >= 15 is 0 Å². The van der Waals surface area contributed by atoms with E-state index in [2.05, 4.69) is 10.6 Å². The molecule has 0 bridgehead atoms. The van der Waals surface area contributed by atoms with Crippen LogP contribution in [0.1, 0.15) is 25.7 Å². The molecule has 0 spiro atoms. The normalized spacial score (nSPS) is 26.0. The van der Waals surface area contributed by atoms with Crippen molar-refractivity contribution in [2.45, 2.75) is 37.8 Å². The highest BCUT2D eigenvalue weighted by Gasteiger charge is 2.17. The molecule has 1 heterocycles. The fourth-order valence-electron chi connectivity index (χ4n) is 1.84. The van der Waals surface area contributed by atoms with Gasteiger partial charge in [0, 0.05) is 18.7 Å². The molecule has 0 aromatic heterocycles. The minimum atomic E-state index is 0.290. The van der Waals surface area contributed by atoms with Crippen LogP contribution < -0.4 is 10.6 Å². The Morgan fingerprint density at radius 3 is 3.00 bits per heavy atom. The summed E-state index contributed by atoms with van der Waals surface area (Å²) in [6.45, 7) is 1.46. The zero-order chi connectivity index (χ0) is 8.81. The fraction of sp³-hybridized carbons (Fsp3) is 1.00. The van der Waals surface area contributed by atoms with Crippen molar-refractivity contribution in [2.75, 3.05) is 20.2 Å². The quantitative estimate of drug-likeness (QED) is 0.551. The first kappa shape index (κ1) is 9.96. The van der Waals surface area contributed by atoms with Crippen molar-refractivity contribution in [3.63, 3.8) is 0 Å². The Labute approximate surface area is 74.5 Å². The largest absolute Gasteiger partial charge is 0.396 e. The first-order valence-corrected chi connectivity index (χ1v) is 4.88. The third-order valence-corrected chi connectivity index (χ3v) is 2.62. The van der Waals surface area contributed by atoms with Crippen LogP contribution in [-0.4, -0.2) is 37.4 Å². The number of hydrogen-bond donors (Lipinski definition) is 3. The molecule has 1 rings (SSSR count). The summed E-state index contributed by atoms with van der Waals surface area (Å²) >= 11 is 0. The smallest absolute Gasteiger partial charge is 0.0445 e. The SMILES string of the molecule is CNC(CCO)C[C@@H]1CCCN1. The van der Waals surface area contributed by atoms with Crippen LogP contribution in [-0.2, 0) is 0 Å². The second-order valence-electron chi connectivity index (χ2n) is 3.53. The van der Waals surface area contributed by atoms with E-state index in [9.17, 15) is 0 Å². The van der Waals surface area contributed by atoms with E-state index in [0.29, 0.717) is 12.1 Å². The van der Waals surface area contributed by atoms with E-state index in [-0.39, 0.29) is 6.61 Å². The molecule has 72 valence electrons. The highest BCUT2D eigenvalue weighted by Crippen LogP contribution is 2.12. The fourth-order valence-corrected chi connectivity index (χ4v) is 1.84. The van der Waals surface area contributed by atoms with Crippen molar-refractivity contribution in [1.82, 2.24) is 10.6 Å². The molecule has 1 unspecified atom stereocenters. The summed E-state index contributed by atoms with van der Waals surface area (Å²) in [4.78, 5) is 0. The molecule has 3 heteroatoms. The predicted octanol–water partition coefficient (Wildman–Crippen LogP) is 0.0989. The summed E-state index contributed by atoms with van der Waals surface area (Å²) in [7, 11) is 1.97. The van der Waals surface area contributed by atoms with Gasteiger partial charge in [0.1, 0.15) is 0 Å². The Morgan fingerprint density at radius 1 is 1.67 bits per heavy atom. The summed E-state index contributed by atoms with van der Waals surface area (Å²) in [5, 5.41) is 15.5. The highest BCUT2D eigenvalue weighted by molar-refractivity contribution is 4.79. The van der Waals surface area contributed by atoms with E-state index in [1.807, 2.05) is 7.05 Å². The third kappa shape index (κ3) is 3.09. The van der Waals surface area contributed by atoms with Gasteiger partial charge < -0.3 is 15.7 Å². The maximum atomic E-state index is 8.78. The number of nitrogens with one attached hydrogen (secondary N) is 2. The van der Waals surface area contributed by atoms with E-state index in [1.165, 1.54) is 19.4 Å². The Hall–Kier alpha value is -0.120. The average molecular weight is 172 g/mol. The van der Waals surface area contributed by atoms with Crippen molar-refractivity contribution in [3.8, 4) is 0 Å². The zero-order valence-corrected chi connectivity index (χ0v) is 7.84. The maximum Gasteiger partial charge on any atom is 0.0445 e. The molecular weight excluding hydrogens is 152 g/mol. The molecular formula is C9H20N2O. The topological polar surface area (TPSA) is 44.3 Å². The molecule has 2 atom stereocenters. The second kappa shape index (κ2) is 5.51. The van der Waals surface area contributed by atoms with Gasteiger partial charge in [-0.25, -0.2) is 0 Å². The summed E-state index contributed by atoms with van der Waals surface area (Å²) in [6, 6.07) is 1.15. The first-order valence-electron chi connectivity index (χ1n) is 4.88. The van der Waals surface area contributed by atoms with Gasteiger partial charge in [-0.3, -0.25) is 0 Å². The monoisotopic (exact) mass is 172 g/mol. The molecule has 0 saturated carbocycles. The molecule has 12 heavy (non-hydrogen) atoms. The summed E-state index contributed by atoms with van der Waals surface area (Å²) < 4.78 is 0. The molecule has 3 nitrogen and oxygen atoms in total. The average Bonchev–Trinajstić information content (AvgIpc) is 2.56. The van der Waals surface area contributed by atoms with E-state index in [1.54, 1.807) is 0 Å². The molecule has 0 aromatic rings. The van der Waals surface area contributed by atoms with Crippen LogP contribution in [0.15, 0.2) is 0 Å². The molecule has 0 aromatic carbocycles. The van der Waals surface area contributed by atoms with Crippen LogP contribution in [0.2, 0.25) is 0 Å². The molecule has 1 saturated heterocycles. The lowest BCUT2D eigenvalue weighted by molar-refractivity contribution is 0.259. The molecule has 0 radical (unpaired) electrons. The van der Waals surface area contributed by atoms with Crippen LogP contribution >= 0.6 is 0 Å². The van der Waals surface area contributed by atoms with Gasteiger partial charge in [0.05, 0.1) is 0 Å². The Kier molecular flexibility index (Phi) is 4.58. The van der Waals surface area contributed by atoms with Crippen LogP contribution in [0, 0.1) is 0 Å². The summed E-state index contributed by atoms with van der Waals surface area (Å²) in [6.07, 6.45) is 4.62. The van der Waals surface area contributed by atoms with Gasteiger partial charge in [-0.05, 0) is 39.3 Å². The van der Waals surface area contributed by atoms with Crippen LogP contribution in [0.4, 0.5) is 0 Å². The van der Waals surface area contributed by atoms with Gasteiger partial charge >= 0.3 is 0 Å². The van der Waals surface area contributed by atoms with Gasteiger partial charge in [0.15, 0.2) is 0 Å². The van der Waals surface area contributed by atoms with Crippen molar-refractivity contribution in [1.29, 1.82) is 0 Å². The van der Waals surface area contributed by atoms with E-state index < -0.39 is 0 Å². The Balaban J connectivity index is 2.16. The molecule has 1 fully saturated rings. The maximum absolute atomic E-state index is 8.78. The zero-order valence-electron chi connectivity index (χ0n) is 7.84. The van der Waals surface area contributed by atoms with Gasteiger partial charge in [0.2, 0.25) is 0 Å². The lowest BCUT2D eigenvalue weighted by Gasteiger charge is -2.19. The predicted molar refractivity (Wildman–Crippen MR) is 50.2 cm³/mol. The molecule has 1 aliphatic heterocycles. The van der Waals surface area contributed by atoms with Gasteiger partial charge in [0.25, 0.3) is 0 Å². The van der Waals surface area contributed by atoms with Crippen molar-refractivity contribution in [2.24, 2.45) is 0 Å². The summed E-state index contributed by atoms with van der Waals surface area (Å²) in [5.41, 5.74) is 0. The molecule has 0 amide bonds. The number of hydrogen-bond acceptors (Lipinski definition) is 3. The van der Waals surface area contributed by atoms with E-state index in [0.717, 1.165) is 12.8 Å². The Morgan fingerprint density at radius 2 is 2.50 bits per heavy atom. The van der Waals surface area contributed by atoms with Gasteiger partial charge in [-0.1, -0.05) is 0 Å². The van der Waals surface area contributed by atoms with Gasteiger partial charge in [-0.15, -0.1) is 0 Å². The number of rotatable bonds is 5. The van der Waals surface area contributed by atoms with Crippen LogP contribution in [0.25, 0.3) is 0 Å². The van der Waals surface area contributed by atoms with Crippen molar-refractivity contribution in [3.05, 3.63) is 0 Å². The third-order valence-electron chi connectivity index (χ3n) is 2.62. The minimum absolute atomic E-state index is 0.290.